The Kier molecular flexibility index (Phi) is 7.41. The van der Waals surface area contributed by atoms with Gasteiger partial charge in [0.25, 0.3) is 5.91 Å². The molecule has 0 bridgehead atoms. The molecular formula is C24H30N4O3. The Balaban J connectivity index is 1.48. The maximum absolute atomic E-state index is 12.8. The number of anilines is 1. The average molecular weight is 423 g/mol. The Labute approximate surface area is 183 Å². The molecule has 3 rings (SSSR count). The zero-order valence-electron chi connectivity index (χ0n) is 18.4. The fraction of sp³-hybridized carbons (Fsp3) is 0.375. The van der Waals surface area contributed by atoms with Gasteiger partial charge in [-0.15, -0.1) is 0 Å². The van der Waals surface area contributed by atoms with Crippen LogP contribution in [0, 0.1) is 13.8 Å². The third kappa shape index (κ3) is 6.15. The monoisotopic (exact) mass is 422 g/mol. The molecule has 0 saturated carbocycles. The predicted molar refractivity (Wildman–Crippen MR) is 121 cm³/mol. The van der Waals surface area contributed by atoms with E-state index in [1.165, 1.54) is 6.92 Å². The summed E-state index contributed by atoms with van der Waals surface area (Å²) in [4.78, 5) is 40.2. The zero-order chi connectivity index (χ0) is 22.4. The van der Waals surface area contributed by atoms with Crippen LogP contribution in [-0.2, 0) is 16.1 Å². The molecule has 3 amide bonds. The van der Waals surface area contributed by atoms with Crippen molar-refractivity contribution in [1.82, 2.24) is 15.1 Å². The minimum Gasteiger partial charge on any atom is -0.352 e. The van der Waals surface area contributed by atoms with Crippen LogP contribution < -0.4 is 10.6 Å². The largest absolute Gasteiger partial charge is 0.352 e. The van der Waals surface area contributed by atoms with Crippen molar-refractivity contribution in [3.8, 4) is 0 Å². The first-order valence-electron chi connectivity index (χ1n) is 10.5. The van der Waals surface area contributed by atoms with Crippen LogP contribution in [-0.4, -0.2) is 60.2 Å². The molecule has 1 fully saturated rings. The van der Waals surface area contributed by atoms with Crippen LogP contribution in [0.2, 0.25) is 0 Å². The van der Waals surface area contributed by atoms with E-state index >= 15 is 0 Å². The third-order valence-electron chi connectivity index (χ3n) is 5.51. The summed E-state index contributed by atoms with van der Waals surface area (Å²) in [7, 11) is 0. The van der Waals surface area contributed by atoms with Crippen LogP contribution >= 0.6 is 0 Å². The Morgan fingerprint density at radius 1 is 0.903 bits per heavy atom. The molecule has 0 spiro atoms. The number of carbonyl (C=O) groups excluding carboxylic acids is 3. The predicted octanol–water partition coefficient (Wildman–Crippen LogP) is 2.34. The summed E-state index contributed by atoms with van der Waals surface area (Å²) in [5.41, 5.74) is 4.56. The summed E-state index contributed by atoms with van der Waals surface area (Å²) in [6.07, 6.45) is 0. The van der Waals surface area contributed by atoms with E-state index < -0.39 is 0 Å². The number of amides is 3. The summed E-state index contributed by atoms with van der Waals surface area (Å²) in [5.74, 6) is -0.126. The van der Waals surface area contributed by atoms with Crippen molar-refractivity contribution in [1.29, 1.82) is 0 Å². The first kappa shape index (κ1) is 22.5. The molecule has 7 nitrogen and oxygen atoms in total. The van der Waals surface area contributed by atoms with E-state index in [-0.39, 0.29) is 17.7 Å². The van der Waals surface area contributed by atoms with Gasteiger partial charge in [-0.25, -0.2) is 0 Å². The van der Waals surface area contributed by atoms with Crippen molar-refractivity contribution in [2.45, 2.75) is 27.3 Å². The molecule has 0 unspecified atom stereocenters. The van der Waals surface area contributed by atoms with Gasteiger partial charge in [0.1, 0.15) is 0 Å². The molecule has 0 atom stereocenters. The first-order valence-corrected chi connectivity index (χ1v) is 10.5. The van der Waals surface area contributed by atoms with E-state index in [2.05, 4.69) is 15.5 Å². The van der Waals surface area contributed by atoms with Gasteiger partial charge >= 0.3 is 0 Å². The summed E-state index contributed by atoms with van der Waals surface area (Å²) < 4.78 is 0. The van der Waals surface area contributed by atoms with Gasteiger partial charge < -0.3 is 15.5 Å². The molecule has 0 aliphatic carbocycles. The molecule has 2 aromatic rings. The molecule has 164 valence electrons. The minimum atomic E-state index is -0.0826. The van der Waals surface area contributed by atoms with Crippen molar-refractivity contribution in [3.05, 3.63) is 64.7 Å². The maximum Gasteiger partial charge on any atom is 0.253 e. The highest BCUT2D eigenvalue weighted by molar-refractivity contribution is 5.95. The fourth-order valence-corrected chi connectivity index (χ4v) is 3.68. The number of hydrogen-bond donors (Lipinski definition) is 2. The molecule has 1 saturated heterocycles. The average Bonchev–Trinajstić information content (AvgIpc) is 2.75. The van der Waals surface area contributed by atoms with Gasteiger partial charge in [-0.05, 0) is 42.7 Å². The van der Waals surface area contributed by atoms with Crippen LogP contribution in [0.5, 0.6) is 0 Å². The minimum absolute atomic E-state index is 0.00860. The second kappa shape index (κ2) is 10.2. The molecule has 0 aromatic heterocycles. The summed E-state index contributed by atoms with van der Waals surface area (Å²) in [6.45, 7) is 8.70. The third-order valence-corrected chi connectivity index (χ3v) is 5.51. The van der Waals surface area contributed by atoms with Crippen molar-refractivity contribution in [2.24, 2.45) is 0 Å². The van der Waals surface area contributed by atoms with Crippen molar-refractivity contribution < 1.29 is 14.4 Å². The van der Waals surface area contributed by atoms with Gasteiger partial charge in [-0.3, -0.25) is 19.3 Å². The second-order valence-electron chi connectivity index (χ2n) is 7.99. The van der Waals surface area contributed by atoms with Gasteiger partial charge in [0.15, 0.2) is 0 Å². The number of hydrogen-bond acceptors (Lipinski definition) is 4. The number of para-hydroxylation sites is 1. The number of benzene rings is 2. The van der Waals surface area contributed by atoms with Crippen LogP contribution in [0.3, 0.4) is 0 Å². The van der Waals surface area contributed by atoms with E-state index in [9.17, 15) is 14.4 Å². The molecular weight excluding hydrogens is 392 g/mol. The fourth-order valence-electron chi connectivity index (χ4n) is 3.68. The number of rotatable bonds is 6. The number of piperazine rings is 1. The van der Waals surface area contributed by atoms with E-state index in [1.54, 1.807) is 12.1 Å². The van der Waals surface area contributed by atoms with Crippen LogP contribution in [0.4, 0.5) is 5.69 Å². The SMILES string of the molecule is CC(=O)NCc1ccc(C(=O)N2CCN(CC(=O)Nc3c(C)cccc3C)CC2)cc1. The second-order valence-corrected chi connectivity index (χ2v) is 7.99. The maximum atomic E-state index is 12.8. The van der Waals surface area contributed by atoms with Gasteiger partial charge in [-0.1, -0.05) is 30.3 Å². The standard InChI is InChI=1S/C24H30N4O3/c1-17-5-4-6-18(2)23(17)26-22(30)16-27-11-13-28(14-12-27)24(31)21-9-7-20(8-10-21)15-25-19(3)29/h4-10H,11-16H2,1-3H3,(H,25,29)(H,26,30). The quantitative estimate of drug-likeness (QED) is 0.749. The molecule has 7 heteroatoms. The van der Waals surface area contributed by atoms with Gasteiger partial charge in [0, 0.05) is 50.9 Å². The van der Waals surface area contributed by atoms with E-state index in [0.29, 0.717) is 44.8 Å². The molecule has 1 aliphatic rings. The molecule has 2 aromatic carbocycles. The van der Waals surface area contributed by atoms with Gasteiger partial charge in [0.05, 0.1) is 6.54 Å². The molecule has 0 radical (unpaired) electrons. The lowest BCUT2D eigenvalue weighted by molar-refractivity contribution is -0.119. The van der Waals surface area contributed by atoms with E-state index in [4.69, 9.17) is 0 Å². The van der Waals surface area contributed by atoms with Crippen molar-refractivity contribution >= 4 is 23.4 Å². The molecule has 1 aliphatic heterocycles. The summed E-state index contributed by atoms with van der Waals surface area (Å²) in [6, 6.07) is 13.3. The number of nitrogens with one attached hydrogen (secondary N) is 2. The van der Waals surface area contributed by atoms with Gasteiger partial charge in [-0.2, -0.15) is 0 Å². The normalized spacial score (nSPS) is 14.2. The van der Waals surface area contributed by atoms with E-state index in [1.807, 2.05) is 49.1 Å². The van der Waals surface area contributed by atoms with Crippen molar-refractivity contribution in [3.63, 3.8) is 0 Å². The Bertz CT molecular complexity index is 928. The number of carbonyl (C=O) groups is 3. The van der Waals surface area contributed by atoms with Crippen molar-refractivity contribution in [2.75, 3.05) is 38.0 Å². The topological polar surface area (TPSA) is 81.8 Å². The van der Waals surface area contributed by atoms with Crippen LogP contribution in [0.1, 0.15) is 34.0 Å². The van der Waals surface area contributed by atoms with E-state index in [0.717, 1.165) is 22.4 Å². The highest BCUT2D eigenvalue weighted by Crippen LogP contribution is 2.19. The summed E-state index contributed by atoms with van der Waals surface area (Å²) >= 11 is 0. The summed E-state index contributed by atoms with van der Waals surface area (Å²) in [5, 5.41) is 5.76. The van der Waals surface area contributed by atoms with Crippen LogP contribution in [0.15, 0.2) is 42.5 Å². The number of aryl methyl sites for hydroxylation is 2. The Hall–Kier alpha value is -3.19. The smallest absolute Gasteiger partial charge is 0.253 e. The van der Waals surface area contributed by atoms with Gasteiger partial charge in [0.2, 0.25) is 11.8 Å². The number of nitrogens with zero attached hydrogens (tertiary/aromatic N) is 2. The molecule has 2 N–H and O–H groups in total. The lowest BCUT2D eigenvalue weighted by atomic mass is 10.1. The highest BCUT2D eigenvalue weighted by Gasteiger charge is 2.23. The lowest BCUT2D eigenvalue weighted by Crippen LogP contribution is -2.50. The molecule has 31 heavy (non-hydrogen) atoms. The highest BCUT2D eigenvalue weighted by atomic mass is 16.2. The van der Waals surface area contributed by atoms with Crippen LogP contribution in [0.25, 0.3) is 0 Å². The first-order chi connectivity index (χ1) is 14.8. The molecule has 1 heterocycles. The lowest BCUT2D eigenvalue weighted by Gasteiger charge is -2.34. The Morgan fingerprint density at radius 2 is 1.52 bits per heavy atom. The zero-order valence-corrected chi connectivity index (χ0v) is 18.4. The Morgan fingerprint density at radius 3 is 2.10 bits per heavy atom.